The molecule has 2 heteroatoms. The van der Waals surface area contributed by atoms with E-state index < -0.39 is 0 Å². The second-order valence-corrected chi connectivity index (χ2v) is 6.17. The van der Waals surface area contributed by atoms with Crippen LogP contribution in [0.1, 0.15) is 35.7 Å². The van der Waals surface area contributed by atoms with Crippen LogP contribution >= 0.6 is 11.3 Å². The van der Waals surface area contributed by atoms with Crippen LogP contribution < -0.4 is 5.32 Å². The molecule has 2 saturated carbocycles. The largest absolute Gasteiger partial charge is 0.312 e. The lowest BCUT2D eigenvalue weighted by molar-refractivity contribution is 0.363. The second kappa shape index (κ2) is 3.60. The van der Waals surface area contributed by atoms with Gasteiger partial charge in [-0.25, -0.2) is 0 Å². The zero-order valence-electron chi connectivity index (χ0n) is 9.49. The molecule has 0 aromatic carbocycles. The minimum Gasteiger partial charge on any atom is -0.312 e. The molecule has 0 radical (unpaired) electrons. The van der Waals surface area contributed by atoms with Crippen molar-refractivity contribution < 1.29 is 0 Å². The number of nitrogens with one attached hydrogen (secondary N) is 1. The molecule has 1 aromatic heterocycles. The Morgan fingerprint density at radius 2 is 2.07 bits per heavy atom. The van der Waals surface area contributed by atoms with Crippen molar-refractivity contribution in [2.45, 2.75) is 32.2 Å². The molecule has 0 spiro atoms. The zero-order chi connectivity index (χ0) is 10.4. The smallest absolute Gasteiger partial charge is 0.0443 e. The number of hydrogen-bond donors (Lipinski definition) is 1. The average Bonchev–Trinajstić information content (AvgIpc) is 2.65. The van der Waals surface area contributed by atoms with E-state index in [1.54, 1.807) is 4.88 Å². The van der Waals surface area contributed by atoms with Gasteiger partial charge in [-0.1, -0.05) is 0 Å². The van der Waals surface area contributed by atoms with Crippen LogP contribution in [0, 0.1) is 24.7 Å². The molecule has 0 aliphatic heterocycles. The molecule has 1 nitrogen and oxygen atoms in total. The quantitative estimate of drug-likeness (QED) is 0.825. The zero-order valence-corrected chi connectivity index (χ0v) is 10.3. The summed E-state index contributed by atoms with van der Waals surface area (Å²) in [6.07, 6.45) is 4.46. The van der Waals surface area contributed by atoms with Gasteiger partial charge >= 0.3 is 0 Å². The van der Waals surface area contributed by atoms with Gasteiger partial charge in [-0.3, -0.25) is 0 Å². The highest BCUT2D eigenvalue weighted by Crippen LogP contribution is 2.57. The third-order valence-electron chi connectivity index (χ3n) is 4.25. The minimum absolute atomic E-state index is 0.623. The van der Waals surface area contributed by atoms with E-state index in [9.17, 15) is 0 Å². The van der Waals surface area contributed by atoms with Crippen LogP contribution in [0.25, 0.3) is 0 Å². The predicted octanol–water partition coefficient (Wildman–Crippen LogP) is 3.36. The van der Waals surface area contributed by atoms with Crippen LogP contribution in [0.2, 0.25) is 0 Å². The van der Waals surface area contributed by atoms with Crippen molar-refractivity contribution >= 4 is 11.3 Å². The molecule has 3 atom stereocenters. The van der Waals surface area contributed by atoms with Gasteiger partial charge in [0, 0.05) is 10.9 Å². The Hall–Kier alpha value is -0.340. The Morgan fingerprint density at radius 1 is 1.33 bits per heavy atom. The van der Waals surface area contributed by atoms with Crippen LogP contribution in [0.5, 0.6) is 0 Å². The summed E-state index contributed by atoms with van der Waals surface area (Å²) in [7, 11) is 2.12. The third kappa shape index (κ3) is 1.64. The highest BCUT2D eigenvalue weighted by atomic mass is 32.1. The summed E-state index contributed by atoms with van der Waals surface area (Å²) in [6.45, 7) is 2.24. The van der Waals surface area contributed by atoms with Gasteiger partial charge in [-0.05, 0) is 68.0 Å². The van der Waals surface area contributed by atoms with Crippen molar-refractivity contribution in [1.82, 2.24) is 5.32 Å². The molecule has 2 aliphatic rings. The van der Waals surface area contributed by atoms with Gasteiger partial charge in [0.1, 0.15) is 0 Å². The maximum Gasteiger partial charge on any atom is 0.0443 e. The summed E-state index contributed by atoms with van der Waals surface area (Å²) in [4.78, 5) is 1.57. The lowest BCUT2D eigenvalue weighted by atomic mass is 9.92. The molecule has 3 unspecified atom stereocenters. The lowest BCUT2D eigenvalue weighted by Gasteiger charge is -2.24. The van der Waals surface area contributed by atoms with E-state index in [0.717, 1.165) is 17.8 Å². The number of rotatable bonds is 3. The molecule has 2 aliphatic carbocycles. The lowest BCUT2D eigenvalue weighted by Crippen LogP contribution is -2.24. The van der Waals surface area contributed by atoms with Gasteiger partial charge in [0.05, 0.1) is 0 Å². The van der Waals surface area contributed by atoms with Gasteiger partial charge in [0.25, 0.3) is 0 Å². The third-order valence-corrected chi connectivity index (χ3v) is 5.35. The second-order valence-electron chi connectivity index (χ2n) is 5.22. The molecule has 0 saturated heterocycles. The van der Waals surface area contributed by atoms with Gasteiger partial charge in [0.2, 0.25) is 0 Å². The Morgan fingerprint density at radius 3 is 2.60 bits per heavy atom. The topological polar surface area (TPSA) is 12.0 Å². The molecule has 1 N–H and O–H groups in total. The SMILES string of the molecule is CNC(c1sccc1C)C1CC2CC2C1. The standard InChI is InChI=1S/C13H19NS/c1-8-3-4-15-13(8)12(14-2)11-6-9-5-10(9)7-11/h3-4,9-12,14H,5-7H2,1-2H3. The van der Waals surface area contributed by atoms with Gasteiger partial charge in [-0.2, -0.15) is 0 Å². The van der Waals surface area contributed by atoms with Crippen LogP contribution in [-0.2, 0) is 0 Å². The van der Waals surface area contributed by atoms with Crippen molar-refractivity contribution in [3.8, 4) is 0 Å². The fourth-order valence-corrected chi connectivity index (χ4v) is 4.45. The summed E-state index contributed by atoms with van der Waals surface area (Å²) in [6, 6.07) is 2.87. The molecule has 1 heterocycles. The van der Waals surface area contributed by atoms with Crippen LogP contribution in [0.3, 0.4) is 0 Å². The summed E-state index contributed by atoms with van der Waals surface area (Å²) in [5, 5.41) is 5.77. The Kier molecular flexibility index (Phi) is 2.37. The molecule has 82 valence electrons. The molecular weight excluding hydrogens is 202 g/mol. The minimum atomic E-state index is 0.623. The summed E-state index contributed by atoms with van der Waals surface area (Å²) in [5.74, 6) is 3.08. The number of fused-ring (bicyclic) bond motifs is 1. The average molecular weight is 221 g/mol. The van der Waals surface area contributed by atoms with Gasteiger partial charge in [0.15, 0.2) is 0 Å². The summed E-state index contributed by atoms with van der Waals surface area (Å²) in [5.41, 5.74) is 1.47. The fourth-order valence-electron chi connectivity index (χ4n) is 3.32. The van der Waals surface area contributed by atoms with Crippen LogP contribution in [0.15, 0.2) is 11.4 Å². The first-order chi connectivity index (χ1) is 7.29. The van der Waals surface area contributed by atoms with E-state index in [1.807, 2.05) is 11.3 Å². The van der Waals surface area contributed by atoms with Crippen molar-refractivity contribution in [1.29, 1.82) is 0 Å². The van der Waals surface area contributed by atoms with Crippen molar-refractivity contribution in [3.63, 3.8) is 0 Å². The first kappa shape index (κ1) is 9.86. The Balaban J connectivity index is 1.79. The molecular formula is C13H19NS. The van der Waals surface area contributed by atoms with Crippen LogP contribution in [0.4, 0.5) is 0 Å². The van der Waals surface area contributed by atoms with E-state index >= 15 is 0 Å². The normalized spacial score (nSPS) is 35.2. The highest BCUT2D eigenvalue weighted by Gasteiger charge is 2.48. The molecule has 1 aromatic rings. The Labute approximate surface area is 95.9 Å². The number of thiophene rings is 1. The molecule has 0 amide bonds. The van der Waals surface area contributed by atoms with Gasteiger partial charge < -0.3 is 5.32 Å². The van der Waals surface area contributed by atoms with E-state index in [4.69, 9.17) is 0 Å². The summed E-state index contributed by atoms with van der Waals surface area (Å²) >= 11 is 1.92. The fraction of sp³-hybridized carbons (Fsp3) is 0.692. The van der Waals surface area contributed by atoms with E-state index in [2.05, 4.69) is 30.7 Å². The van der Waals surface area contributed by atoms with E-state index in [-0.39, 0.29) is 0 Å². The number of aryl methyl sites for hydroxylation is 1. The summed E-state index contributed by atoms with van der Waals surface area (Å²) < 4.78 is 0. The molecule has 15 heavy (non-hydrogen) atoms. The first-order valence-corrected chi connectivity index (χ1v) is 6.88. The maximum atomic E-state index is 3.54. The van der Waals surface area contributed by atoms with Crippen LogP contribution in [-0.4, -0.2) is 7.05 Å². The van der Waals surface area contributed by atoms with E-state index in [1.165, 1.54) is 24.8 Å². The molecule has 0 bridgehead atoms. The highest BCUT2D eigenvalue weighted by molar-refractivity contribution is 7.10. The predicted molar refractivity (Wildman–Crippen MR) is 65.2 cm³/mol. The monoisotopic (exact) mass is 221 g/mol. The van der Waals surface area contributed by atoms with Crippen molar-refractivity contribution in [3.05, 3.63) is 21.9 Å². The van der Waals surface area contributed by atoms with Crippen molar-refractivity contribution in [2.24, 2.45) is 17.8 Å². The number of hydrogen-bond acceptors (Lipinski definition) is 2. The maximum absolute atomic E-state index is 3.54. The van der Waals surface area contributed by atoms with E-state index in [0.29, 0.717) is 6.04 Å². The molecule has 2 fully saturated rings. The Bertz CT molecular complexity index is 347. The van der Waals surface area contributed by atoms with Gasteiger partial charge in [-0.15, -0.1) is 11.3 Å². The first-order valence-electron chi connectivity index (χ1n) is 6.01. The molecule has 3 rings (SSSR count). The van der Waals surface area contributed by atoms with Crippen molar-refractivity contribution in [2.75, 3.05) is 7.05 Å².